The second-order valence-corrected chi connectivity index (χ2v) is 8.26. The number of carbonyl (C=O) groups is 2. The molecule has 2 amide bonds. The summed E-state index contributed by atoms with van der Waals surface area (Å²) in [5.41, 5.74) is 5.00. The van der Waals surface area contributed by atoms with Crippen LogP contribution in [0.4, 0.5) is 5.69 Å². The van der Waals surface area contributed by atoms with Crippen LogP contribution in [0.3, 0.4) is 0 Å². The maximum atomic E-state index is 13.0. The molecule has 0 radical (unpaired) electrons. The number of hydrogen-bond donors (Lipinski definition) is 1. The van der Waals surface area contributed by atoms with Crippen LogP contribution in [0.2, 0.25) is 0 Å². The highest BCUT2D eigenvalue weighted by molar-refractivity contribution is 5.95. The molecule has 6 heteroatoms. The molecule has 0 spiro atoms. The van der Waals surface area contributed by atoms with Crippen molar-refractivity contribution < 1.29 is 19.1 Å². The molecule has 1 aliphatic heterocycles. The minimum Gasteiger partial charge on any atom is -0.484 e. The lowest BCUT2D eigenvalue weighted by Crippen LogP contribution is -2.44. The lowest BCUT2D eigenvalue weighted by molar-refractivity contribution is -0.138. The van der Waals surface area contributed by atoms with E-state index < -0.39 is 0 Å². The number of carbonyl (C=O) groups excluding carboxylic acids is 2. The third-order valence-corrected chi connectivity index (χ3v) is 5.70. The van der Waals surface area contributed by atoms with Crippen LogP contribution >= 0.6 is 0 Å². The van der Waals surface area contributed by atoms with E-state index in [-0.39, 0.29) is 31.1 Å². The molecule has 2 aromatic carbocycles. The zero-order chi connectivity index (χ0) is 22.4. The molecule has 0 aromatic heterocycles. The van der Waals surface area contributed by atoms with Gasteiger partial charge in [-0.3, -0.25) is 9.59 Å². The Morgan fingerprint density at radius 3 is 2.65 bits per heavy atom. The van der Waals surface area contributed by atoms with Crippen molar-refractivity contribution in [3.63, 3.8) is 0 Å². The highest BCUT2D eigenvalue weighted by Crippen LogP contribution is 2.20. The second kappa shape index (κ2) is 10.4. The van der Waals surface area contributed by atoms with E-state index in [0.717, 1.165) is 40.8 Å². The first-order valence-electron chi connectivity index (χ1n) is 10.8. The Labute approximate surface area is 184 Å². The smallest absolute Gasteiger partial charge is 0.261 e. The quantitative estimate of drug-likeness (QED) is 0.697. The summed E-state index contributed by atoms with van der Waals surface area (Å²) in [7, 11) is 0. The first kappa shape index (κ1) is 22.8. The molecule has 1 aliphatic rings. The van der Waals surface area contributed by atoms with Crippen LogP contribution in [0.25, 0.3) is 0 Å². The number of nitrogens with zero attached hydrogens (tertiary/aromatic N) is 1. The monoisotopic (exact) mass is 424 g/mol. The van der Waals surface area contributed by atoms with E-state index >= 15 is 0 Å². The summed E-state index contributed by atoms with van der Waals surface area (Å²) in [5, 5.41) is 2.94. The molecule has 1 unspecified atom stereocenters. The van der Waals surface area contributed by atoms with Gasteiger partial charge >= 0.3 is 0 Å². The number of anilines is 1. The van der Waals surface area contributed by atoms with Crippen LogP contribution in [0.15, 0.2) is 36.4 Å². The van der Waals surface area contributed by atoms with Crippen molar-refractivity contribution in [2.24, 2.45) is 0 Å². The standard InChI is InChI=1S/C25H32N2O4/c1-17-10-11-23(19(3)13-17)31-16-25(29)27(14-21-8-6-12-30-21)15-24(28)26-22-9-5-7-18(2)20(22)4/h5,7,9-11,13,21H,6,8,12,14-16H2,1-4H3,(H,26,28). The molecule has 1 fully saturated rings. The van der Waals surface area contributed by atoms with Gasteiger partial charge in [-0.2, -0.15) is 0 Å². The minimum atomic E-state index is -0.230. The van der Waals surface area contributed by atoms with Gasteiger partial charge in [0.1, 0.15) is 12.3 Å². The van der Waals surface area contributed by atoms with Crippen LogP contribution in [0, 0.1) is 27.7 Å². The molecule has 1 N–H and O–H groups in total. The van der Waals surface area contributed by atoms with Gasteiger partial charge in [-0.1, -0.05) is 29.8 Å². The number of rotatable bonds is 8. The summed E-state index contributed by atoms with van der Waals surface area (Å²) < 4.78 is 11.5. The number of hydrogen-bond acceptors (Lipinski definition) is 4. The van der Waals surface area contributed by atoms with E-state index in [1.165, 1.54) is 0 Å². The number of benzene rings is 2. The van der Waals surface area contributed by atoms with Gasteiger partial charge in [0.25, 0.3) is 5.91 Å². The molecular weight excluding hydrogens is 392 g/mol. The normalized spacial score (nSPS) is 15.5. The maximum absolute atomic E-state index is 13.0. The van der Waals surface area contributed by atoms with E-state index in [1.807, 2.05) is 64.1 Å². The molecule has 1 heterocycles. The molecule has 166 valence electrons. The van der Waals surface area contributed by atoms with Gasteiger partial charge < -0.3 is 19.7 Å². The molecule has 6 nitrogen and oxygen atoms in total. The summed E-state index contributed by atoms with van der Waals surface area (Å²) in [6.07, 6.45) is 1.82. The molecule has 1 atom stereocenters. The van der Waals surface area contributed by atoms with Crippen molar-refractivity contribution in [2.75, 3.05) is 31.6 Å². The highest BCUT2D eigenvalue weighted by atomic mass is 16.5. The summed E-state index contributed by atoms with van der Waals surface area (Å²) in [6, 6.07) is 11.6. The van der Waals surface area contributed by atoms with Crippen molar-refractivity contribution in [1.29, 1.82) is 0 Å². The fourth-order valence-electron chi connectivity index (χ4n) is 3.73. The maximum Gasteiger partial charge on any atom is 0.261 e. The summed E-state index contributed by atoms with van der Waals surface area (Å²) in [4.78, 5) is 27.2. The van der Waals surface area contributed by atoms with Gasteiger partial charge in [0.05, 0.1) is 6.10 Å². The van der Waals surface area contributed by atoms with E-state index in [1.54, 1.807) is 4.90 Å². The van der Waals surface area contributed by atoms with Crippen molar-refractivity contribution in [3.8, 4) is 5.75 Å². The lowest BCUT2D eigenvalue weighted by atomic mass is 10.1. The van der Waals surface area contributed by atoms with Crippen LogP contribution in [0.1, 0.15) is 35.1 Å². The largest absolute Gasteiger partial charge is 0.484 e. The average molecular weight is 425 g/mol. The Morgan fingerprint density at radius 2 is 1.94 bits per heavy atom. The number of amides is 2. The third kappa shape index (κ3) is 6.31. The lowest BCUT2D eigenvalue weighted by Gasteiger charge is -2.25. The van der Waals surface area contributed by atoms with Gasteiger partial charge in [-0.05, 0) is 69.4 Å². The third-order valence-electron chi connectivity index (χ3n) is 5.70. The molecule has 2 aromatic rings. The zero-order valence-electron chi connectivity index (χ0n) is 18.9. The number of aryl methyl sites for hydroxylation is 3. The molecule has 3 rings (SSSR count). The van der Waals surface area contributed by atoms with Crippen LogP contribution in [0.5, 0.6) is 5.75 Å². The Hall–Kier alpha value is -2.86. The molecule has 0 saturated carbocycles. The van der Waals surface area contributed by atoms with Crippen molar-refractivity contribution in [1.82, 2.24) is 4.90 Å². The van der Waals surface area contributed by atoms with Gasteiger partial charge in [-0.25, -0.2) is 0 Å². The van der Waals surface area contributed by atoms with Crippen molar-refractivity contribution in [2.45, 2.75) is 46.6 Å². The van der Waals surface area contributed by atoms with Crippen molar-refractivity contribution >= 4 is 17.5 Å². The minimum absolute atomic E-state index is 0.0394. The predicted octanol–water partition coefficient (Wildman–Crippen LogP) is 3.95. The fourth-order valence-corrected chi connectivity index (χ4v) is 3.73. The van der Waals surface area contributed by atoms with Gasteiger partial charge in [0.2, 0.25) is 5.91 Å². The van der Waals surface area contributed by atoms with E-state index in [4.69, 9.17) is 9.47 Å². The summed E-state index contributed by atoms with van der Waals surface area (Å²) in [6.45, 7) is 8.86. The van der Waals surface area contributed by atoms with E-state index in [2.05, 4.69) is 5.32 Å². The first-order chi connectivity index (χ1) is 14.8. The molecule has 31 heavy (non-hydrogen) atoms. The summed E-state index contributed by atoms with van der Waals surface area (Å²) >= 11 is 0. The van der Waals surface area contributed by atoms with Crippen molar-refractivity contribution in [3.05, 3.63) is 58.7 Å². The number of ether oxygens (including phenoxy) is 2. The molecule has 0 aliphatic carbocycles. The Bertz CT molecular complexity index is 935. The Balaban J connectivity index is 1.65. The zero-order valence-corrected chi connectivity index (χ0v) is 18.9. The molecular formula is C25H32N2O4. The Morgan fingerprint density at radius 1 is 1.13 bits per heavy atom. The summed E-state index contributed by atoms with van der Waals surface area (Å²) in [5.74, 6) is 0.217. The Kier molecular flexibility index (Phi) is 7.69. The molecule has 1 saturated heterocycles. The molecule has 0 bridgehead atoms. The predicted molar refractivity (Wildman–Crippen MR) is 122 cm³/mol. The second-order valence-electron chi connectivity index (χ2n) is 8.26. The van der Waals surface area contributed by atoms with Gasteiger partial charge in [-0.15, -0.1) is 0 Å². The van der Waals surface area contributed by atoms with Crippen LogP contribution < -0.4 is 10.1 Å². The van der Waals surface area contributed by atoms with Crippen LogP contribution in [-0.4, -0.2) is 49.1 Å². The average Bonchev–Trinajstić information content (AvgIpc) is 3.23. The first-order valence-corrected chi connectivity index (χ1v) is 10.8. The number of nitrogens with one attached hydrogen (secondary N) is 1. The van der Waals surface area contributed by atoms with Gasteiger partial charge in [0.15, 0.2) is 6.61 Å². The SMILES string of the molecule is Cc1ccc(OCC(=O)N(CC(=O)Nc2cccc(C)c2C)CC2CCCO2)c(C)c1. The highest BCUT2D eigenvalue weighted by Gasteiger charge is 2.25. The van der Waals surface area contributed by atoms with Crippen LogP contribution in [-0.2, 0) is 14.3 Å². The van der Waals surface area contributed by atoms with E-state index in [0.29, 0.717) is 18.9 Å². The van der Waals surface area contributed by atoms with E-state index in [9.17, 15) is 9.59 Å². The van der Waals surface area contributed by atoms with Gasteiger partial charge in [0, 0.05) is 18.8 Å². The topological polar surface area (TPSA) is 67.9 Å². The fraction of sp³-hybridized carbons (Fsp3) is 0.440.